The van der Waals surface area contributed by atoms with Gasteiger partial charge in [-0.1, -0.05) is 50.2 Å². The zero-order valence-corrected chi connectivity index (χ0v) is 21.7. The zero-order valence-electron chi connectivity index (χ0n) is 21.7. The molecule has 1 aromatic heterocycles. The van der Waals surface area contributed by atoms with Gasteiger partial charge in [0.1, 0.15) is 0 Å². The van der Waals surface area contributed by atoms with Crippen molar-refractivity contribution >= 4 is 5.91 Å². The predicted molar refractivity (Wildman–Crippen MR) is 138 cm³/mol. The molecule has 3 aromatic rings. The Labute approximate surface area is 212 Å². The molecule has 1 aliphatic rings. The molecule has 192 valence electrons. The molecule has 1 saturated heterocycles. The van der Waals surface area contributed by atoms with Crippen molar-refractivity contribution in [2.75, 3.05) is 47.1 Å². The molecule has 1 fully saturated rings. The average molecular weight is 494 g/mol. The predicted octanol–water partition coefficient (Wildman–Crippen LogP) is 4.46. The first-order valence-electron chi connectivity index (χ1n) is 12.2. The van der Waals surface area contributed by atoms with Gasteiger partial charge >= 0.3 is 0 Å². The van der Waals surface area contributed by atoms with Gasteiger partial charge in [0.05, 0.1) is 33.5 Å². The van der Waals surface area contributed by atoms with Crippen LogP contribution in [-0.4, -0.2) is 63.0 Å². The van der Waals surface area contributed by atoms with Gasteiger partial charge in [0.15, 0.2) is 23.0 Å². The second-order valence-corrected chi connectivity index (χ2v) is 9.89. The van der Waals surface area contributed by atoms with Crippen molar-refractivity contribution < 1.29 is 23.5 Å². The maximum Gasteiger partial charge on any atom is 0.273 e. The number of ether oxygens (including phenoxy) is 3. The minimum atomic E-state index is -0.282. The summed E-state index contributed by atoms with van der Waals surface area (Å²) in [4.78, 5) is 15.4. The highest BCUT2D eigenvalue weighted by atomic mass is 16.5. The number of amides is 1. The van der Waals surface area contributed by atoms with Crippen LogP contribution in [0.5, 0.6) is 11.5 Å². The lowest BCUT2D eigenvalue weighted by Crippen LogP contribution is -2.43. The summed E-state index contributed by atoms with van der Waals surface area (Å²) in [5.41, 5.74) is 3.49. The first-order chi connectivity index (χ1) is 17.3. The second kappa shape index (κ2) is 11.1. The average Bonchev–Trinajstić information content (AvgIpc) is 3.39. The van der Waals surface area contributed by atoms with E-state index in [4.69, 9.17) is 18.7 Å². The molecule has 1 amide bonds. The molecule has 0 aliphatic carbocycles. The lowest BCUT2D eigenvalue weighted by atomic mass is 9.86. The fourth-order valence-corrected chi connectivity index (χ4v) is 4.34. The normalized spacial score (nSPS) is 15.4. The molecular weight excluding hydrogens is 458 g/mol. The van der Waals surface area contributed by atoms with Gasteiger partial charge in [0.2, 0.25) is 0 Å². The molecule has 0 saturated carbocycles. The number of hydrogen-bond donors (Lipinski definition) is 1. The number of nitrogens with zero attached hydrogens (tertiary/aromatic N) is 2. The van der Waals surface area contributed by atoms with Crippen LogP contribution in [0.15, 0.2) is 53.1 Å². The number of hydrogen-bond acceptors (Lipinski definition) is 7. The van der Waals surface area contributed by atoms with Gasteiger partial charge in [-0.2, -0.15) is 0 Å². The minimum absolute atomic E-state index is 0.0316. The van der Waals surface area contributed by atoms with E-state index in [1.807, 2.05) is 6.07 Å². The molecule has 0 bridgehead atoms. The smallest absolute Gasteiger partial charge is 0.273 e. The highest BCUT2D eigenvalue weighted by Gasteiger charge is 2.25. The zero-order chi connectivity index (χ0) is 25.7. The third-order valence-electron chi connectivity index (χ3n) is 6.51. The van der Waals surface area contributed by atoms with Crippen LogP contribution < -0.4 is 14.8 Å². The van der Waals surface area contributed by atoms with Crippen molar-refractivity contribution in [3.05, 3.63) is 65.4 Å². The van der Waals surface area contributed by atoms with Crippen LogP contribution in [0.2, 0.25) is 0 Å². The SMILES string of the molecule is COc1ccc(-c2cc(C(=O)NCC(c3ccc(C(C)(C)C)cc3)N3CCOCC3)no2)cc1OC. The second-order valence-electron chi connectivity index (χ2n) is 9.89. The van der Waals surface area contributed by atoms with E-state index in [0.717, 1.165) is 24.2 Å². The number of carbonyl (C=O) groups excluding carboxylic acids is 1. The van der Waals surface area contributed by atoms with Gasteiger partial charge in [-0.3, -0.25) is 9.69 Å². The van der Waals surface area contributed by atoms with Crippen LogP contribution in [0.1, 0.15) is 48.4 Å². The maximum absolute atomic E-state index is 13.0. The molecule has 2 heterocycles. The molecule has 8 nitrogen and oxygen atoms in total. The van der Waals surface area contributed by atoms with E-state index in [-0.39, 0.29) is 23.1 Å². The molecule has 1 unspecified atom stereocenters. The monoisotopic (exact) mass is 493 g/mol. The molecule has 2 aromatic carbocycles. The first kappa shape index (κ1) is 25.7. The fraction of sp³-hybridized carbons (Fsp3) is 0.429. The van der Waals surface area contributed by atoms with Crippen molar-refractivity contribution in [1.29, 1.82) is 0 Å². The van der Waals surface area contributed by atoms with E-state index in [2.05, 4.69) is 60.4 Å². The summed E-state index contributed by atoms with van der Waals surface area (Å²) in [6.07, 6.45) is 0. The Bertz CT molecular complexity index is 1160. The number of carbonyl (C=O) groups is 1. The molecule has 0 radical (unpaired) electrons. The number of aromatic nitrogens is 1. The van der Waals surface area contributed by atoms with E-state index >= 15 is 0 Å². The summed E-state index contributed by atoms with van der Waals surface area (Å²) in [7, 11) is 3.15. The molecule has 4 rings (SSSR count). The largest absolute Gasteiger partial charge is 0.493 e. The summed E-state index contributed by atoms with van der Waals surface area (Å²) < 4.78 is 21.7. The van der Waals surface area contributed by atoms with Crippen LogP contribution in [0.3, 0.4) is 0 Å². The van der Waals surface area contributed by atoms with E-state index in [9.17, 15) is 4.79 Å². The van der Waals surface area contributed by atoms with Crippen LogP contribution in [-0.2, 0) is 10.2 Å². The van der Waals surface area contributed by atoms with E-state index in [0.29, 0.717) is 37.0 Å². The number of nitrogens with one attached hydrogen (secondary N) is 1. The van der Waals surface area contributed by atoms with Crippen molar-refractivity contribution in [1.82, 2.24) is 15.4 Å². The molecule has 1 atom stereocenters. The Balaban J connectivity index is 1.48. The third-order valence-corrected chi connectivity index (χ3v) is 6.51. The molecule has 0 spiro atoms. The van der Waals surface area contributed by atoms with Crippen LogP contribution in [0.25, 0.3) is 11.3 Å². The first-order valence-corrected chi connectivity index (χ1v) is 12.2. The maximum atomic E-state index is 13.0. The molecule has 1 aliphatic heterocycles. The summed E-state index contributed by atoms with van der Waals surface area (Å²) >= 11 is 0. The van der Waals surface area contributed by atoms with Gasteiger partial charge in [-0.15, -0.1) is 0 Å². The van der Waals surface area contributed by atoms with Crippen molar-refractivity contribution in [3.8, 4) is 22.8 Å². The van der Waals surface area contributed by atoms with Gasteiger partial charge in [-0.25, -0.2) is 0 Å². The Morgan fingerprint density at radius 1 is 1.03 bits per heavy atom. The number of morpholine rings is 1. The summed E-state index contributed by atoms with van der Waals surface area (Å²) in [5.74, 6) is 1.38. The van der Waals surface area contributed by atoms with Crippen LogP contribution in [0, 0.1) is 0 Å². The van der Waals surface area contributed by atoms with Crippen molar-refractivity contribution in [2.24, 2.45) is 0 Å². The Kier molecular flexibility index (Phi) is 7.96. The number of rotatable bonds is 8. The fourth-order valence-electron chi connectivity index (χ4n) is 4.34. The number of methoxy groups -OCH3 is 2. The minimum Gasteiger partial charge on any atom is -0.493 e. The Morgan fingerprint density at radius 2 is 1.72 bits per heavy atom. The Morgan fingerprint density at radius 3 is 2.36 bits per heavy atom. The lowest BCUT2D eigenvalue weighted by molar-refractivity contribution is 0.0162. The standard InChI is InChI=1S/C28H35N3O5/c1-28(2,3)21-9-6-19(7-10-21)23(31-12-14-35-15-13-31)18-29-27(32)22-17-25(36-30-22)20-8-11-24(33-4)26(16-20)34-5/h6-11,16-17,23H,12-15,18H2,1-5H3,(H,29,32). The Hall–Kier alpha value is -3.36. The molecule has 36 heavy (non-hydrogen) atoms. The highest BCUT2D eigenvalue weighted by Crippen LogP contribution is 2.32. The molecular formula is C28H35N3O5. The quantitative estimate of drug-likeness (QED) is 0.496. The van der Waals surface area contributed by atoms with Crippen molar-refractivity contribution in [3.63, 3.8) is 0 Å². The highest BCUT2D eigenvalue weighted by molar-refractivity contribution is 5.93. The van der Waals surface area contributed by atoms with Crippen LogP contribution in [0.4, 0.5) is 0 Å². The topological polar surface area (TPSA) is 86.1 Å². The van der Waals surface area contributed by atoms with E-state index in [1.54, 1.807) is 32.4 Å². The van der Waals surface area contributed by atoms with Crippen molar-refractivity contribution in [2.45, 2.75) is 32.2 Å². The lowest BCUT2D eigenvalue weighted by Gasteiger charge is -2.35. The van der Waals surface area contributed by atoms with Gasteiger partial charge < -0.3 is 24.1 Å². The summed E-state index contributed by atoms with van der Waals surface area (Å²) in [6, 6.07) is 15.8. The molecule has 8 heteroatoms. The summed E-state index contributed by atoms with van der Waals surface area (Å²) in [5, 5.41) is 7.06. The van der Waals surface area contributed by atoms with Gasteiger partial charge in [0, 0.05) is 31.3 Å². The van der Waals surface area contributed by atoms with Gasteiger partial charge in [-0.05, 0) is 34.7 Å². The van der Waals surface area contributed by atoms with Gasteiger partial charge in [0.25, 0.3) is 5.91 Å². The third kappa shape index (κ3) is 5.88. The summed E-state index contributed by atoms with van der Waals surface area (Å²) in [6.45, 7) is 10.1. The van der Waals surface area contributed by atoms with E-state index in [1.165, 1.54) is 5.56 Å². The van der Waals surface area contributed by atoms with Crippen LogP contribution >= 0.6 is 0 Å². The molecule has 1 N–H and O–H groups in total. The number of benzene rings is 2. The van der Waals surface area contributed by atoms with E-state index < -0.39 is 0 Å².